The van der Waals surface area contributed by atoms with Gasteiger partial charge in [0.15, 0.2) is 0 Å². The van der Waals surface area contributed by atoms with Crippen molar-refractivity contribution in [1.29, 1.82) is 0 Å². The molecule has 2 N–H and O–H groups in total. The molecule has 3 rings (SSSR count). The molecule has 2 aromatic carbocycles. The molecule has 0 aliphatic heterocycles. The number of nitrogens with zero attached hydrogens (tertiary/aromatic N) is 1. The van der Waals surface area contributed by atoms with E-state index in [4.69, 9.17) is 23.2 Å². The van der Waals surface area contributed by atoms with E-state index in [1.807, 2.05) is 0 Å². The zero-order valence-electron chi connectivity index (χ0n) is 13.8. The number of H-pyrrole nitrogens is 1. The third kappa shape index (κ3) is 3.38. The van der Waals surface area contributed by atoms with Crippen LogP contribution in [0, 0.1) is 0 Å². The molecule has 1 heterocycles. The molecule has 0 aliphatic carbocycles. The number of anilines is 1. The lowest BCUT2D eigenvalue weighted by Crippen LogP contribution is -2.42. The van der Waals surface area contributed by atoms with E-state index in [0.717, 1.165) is 4.57 Å². The van der Waals surface area contributed by atoms with Crippen molar-refractivity contribution in [1.82, 2.24) is 9.55 Å². The number of amides is 1. The molecule has 0 aliphatic rings. The summed E-state index contributed by atoms with van der Waals surface area (Å²) in [5.74, 6) is -0.514. The van der Waals surface area contributed by atoms with Crippen molar-refractivity contribution >= 4 is 45.7 Å². The summed E-state index contributed by atoms with van der Waals surface area (Å²) in [6.45, 7) is 1.72. The van der Waals surface area contributed by atoms with Crippen LogP contribution in [-0.4, -0.2) is 15.5 Å². The molecule has 0 bridgehead atoms. The monoisotopic (exact) mass is 391 g/mol. The van der Waals surface area contributed by atoms with Gasteiger partial charge in [-0.05, 0) is 36.8 Å². The van der Waals surface area contributed by atoms with E-state index in [-0.39, 0.29) is 11.4 Å². The average Bonchev–Trinajstić information content (AvgIpc) is 2.61. The molecule has 1 amide bonds. The largest absolute Gasteiger partial charge is 0.329 e. The van der Waals surface area contributed by atoms with E-state index in [1.165, 1.54) is 6.07 Å². The molecule has 0 saturated carbocycles. The molecule has 8 heteroatoms. The predicted octanol–water partition coefficient (Wildman–Crippen LogP) is 3.59. The minimum atomic E-state index is -0.984. The fourth-order valence-electron chi connectivity index (χ4n) is 2.75. The third-order valence-corrected chi connectivity index (χ3v) is 4.57. The Morgan fingerprint density at radius 2 is 1.92 bits per heavy atom. The lowest BCUT2D eigenvalue weighted by molar-refractivity contribution is -0.119. The van der Waals surface area contributed by atoms with Gasteiger partial charge in [-0.3, -0.25) is 9.59 Å². The van der Waals surface area contributed by atoms with E-state index in [2.05, 4.69) is 10.3 Å². The summed E-state index contributed by atoms with van der Waals surface area (Å²) in [4.78, 5) is 40.5. The van der Waals surface area contributed by atoms with Crippen molar-refractivity contribution in [2.75, 3.05) is 5.32 Å². The quantitative estimate of drug-likeness (QED) is 0.712. The molecule has 134 valence electrons. The van der Waals surface area contributed by atoms with Gasteiger partial charge < -0.3 is 10.3 Å². The Morgan fingerprint density at radius 1 is 1.19 bits per heavy atom. The summed E-state index contributed by atoms with van der Waals surface area (Å²) in [5.41, 5.74) is -0.383. The number of carbonyl (C=O) groups is 1. The second-order valence-electron chi connectivity index (χ2n) is 5.69. The molecule has 0 spiro atoms. The maximum absolute atomic E-state index is 12.7. The number of carbonyl (C=O) groups excluding carboxylic acids is 1. The standard InChI is InChI=1S/C18H15Cl2N3O3/c1-2-15(16(24)21-14-8-7-10(19)9-12(14)20)23-17(25)11-5-3-4-6-13(11)22-18(23)26/h3-9,15H,2H2,1H3,(H,21,24)(H,22,26)/t15-/m1/s1. The second kappa shape index (κ2) is 7.35. The number of aromatic amines is 1. The highest BCUT2D eigenvalue weighted by molar-refractivity contribution is 6.36. The SMILES string of the molecule is CC[C@H](C(=O)Nc1ccc(Cl)cc1Cl)n1c(=O)[nH]c2ccccc2c1=O. The first-order valence-electron chi connectivity index (χ1n) is 7.92. The minimum Gasteiger partial charge on any atom is -0.323 e. The Bertz CT molecular complexity index is 1100. The summed E-state index contributed by atoms with van der Waals surface area (Å²) < 4.78 is 0.932. The van der Waals surface area contributed by atoms with Crippen LogP contribution in [0.4, 0.5) is 5.69 Å². The Kier molecular flexibility index (Phi) is 5.15. The molecule has 1 atom stereocenters. The predicted molar refractivity (Wildman–Crippen MR) is 103 cm³/mol. The number of para-hydroxylation sites is 1. The lowest BCUT2D eigenvalue weighted by Gasteiger charge is -2.18. The fraction of sp³-hybridized carbons (Fsp3) is 0.167. The topological polar surface area (TPSA) is 84.0 Å². The summed E-state index contributed by atoms with van der Waals surface area (Å²) in [6, 6.07) is 10.3. The van der Waals surface area contributed by atoms with Gasteiger partial charge in [0.2, 0.25) is 5.91 Å². The van der Waals surface area contributed by atoms with Crippen LogP contribution in [0.1, 0.15) is 19.4 Å². The van der Waals surface area contributed by atoms with Crippen LogP contribution in [0.5, 0.6) is 0 Å². The molecule has 3 aromatic rings. The number of fused-ring (bicyclic) bond motifs is 1. The highest BCUT2D eigenvalue weighted by Crippen LogP contribution is 2.26. The third-order valence-electron chi connectivity index (χ3n) is 4.03. The maximum Gasteiger partial charge on any atom is 0.329 e. The van der Waals surface area contributed by atoms with E-state index in [0.29, 0.717) is 21.6 Å². The number of halogens is 2. The van der Waals surface area contributed by atoms with E-state index in [9.17, 15) is 14.4 Å². The smallest absolute Gasteiger partial charge is 0.323 e. The van der Waals surface area contributed by atoms with Crippen LogP contribution in [0.3, 0.4) is 0 Å². The van der Waals surface area contributed by atoms with Gasteiger partial charge in [0.05, 0.1) is 21.6 Å². The highest BCUT2D eigenvalue weighted by atomic mass is 35.5. The van der Waals surface area contributed by atoms with Gasteiger partial charge in [-0.25, -0.2) is 9.36 Å². The van der Waals surface area contributed by atoms with Gasteiger partial charge in [0, 0.05) is 5.02 Å². The molecule has 0 saturated heterocycles. The minimum absolute atomic E-state index is 0.248. The van der Waals surface area contributed by atoms with Crippen LogP contribution in [0.15, 0.2) is 52.1 Å². The van der Waals surface area contributed by atoms with Crippen molar-refractivity contribution < 1.29 is 4.79 Å². The Hall–Kier alpha value is -2.57. The number of hydrogen-bond acceptors (Lipinski definition) is 3. The molecule has 26 heavy (non-hydrogen) atoms. The zero-order chi connectivity index (χ0) is 18.8. The van der Waals surface area contributed by atoms with E-state index in [1.54, 1.807) is 43.3 Å². The molecule has 0 unspecified atom stereocenters. The number of nitrogens with one attached hydrogen (secondary N) is 2. The number of hydrogen-bond donors (Lipinski definition) is 2. The Morgan fingerprint density at radius 3 is 2.62 bits per heavy atom. The summed E-state index contributed by atoms with van der Waals surface area (Å²) in [5, 5.41) is 3.68. The van der Waals surface area contributed by atoms with Crippen LogP contribution < -0.4 is 16.6 Å². The van der Waals surface area contributed by atoms with E-state index < -0.39 is 23.2 Å². The Balaban J connectivity index is 2.03. The van der Waals surface area contributed by atoms with Crippen LogP contribution in [-0.2, 0) is 4.79 Å². The number of benzene rings is 2. The Labute approximate surface area is 158 Å². The van der Waals surface area contributed by atoms with Crippen molar-refractivity contribution in [3.8, 4) is 0 Å². The molecule has 0 fully saturated rings. The first-order chi connectivity index (χ1) is 12.4. The van der Waals surface area contributed by atoms with Gasteiger partial charge >= 0.3 is 5.69 Å². The van der Waals surface area contributed by atoms with Crippen molar-refractivity contribution in [2.45, 2.75) is 19.4 Å². The first kappa shape index (κ1) is 18.2. The van der Waals surface area contributed by atoms with Gasteiger partial charge in [-0.1, -0.05) is 42.3 Å². The molecule has 1 aromatic heterocycles. The van der Waals surface area contributed by atoms with Gasteiger partial charge in [-0.2, -0.15) is 0 Å². The number of rotatable bonds is 4. The van der Waals surface area contributed by atoms with Gasteiger partial charge in [0.1, 0.15) is 6.04 Å². The van der Waals surface area contributed by atoms with Crippen LogP contribution in [0.2, 0.25) is 10.0 Å². The zero-order valence-corrected chi connectivity index (χ0v) is 15.3. The summed E-state index contributed by atoms with van der Waals surface area (Å²) in [6.07, 6.45) is 0.248. The van der Waals surface area contributed by atoms with Crippen molar-refractivity contribution in [2.24, 2.45) is 0 Å². The van der Waals surface area contributed by atoms with E-state index >= 15 is 0 Å². The average molecular weight is 392 g/mol. The lowest BCUT2D eigenvalue weighted by atomic mass is 10.1. The molecule has 6 nitrogen and oxygen atoms in total. The summed E-state index contributed by atoms with van der Waals surface area (Å²) in [7, 11) is 0. The molecular formula is C18H15Cl2N3O3. The molecular weight excluding hydrogens is 377 g/mol. The number of aromatic nitrogens is 2. The van der Waals surface area contributed by atoms with Crippen molar-refractivity contribution in [3.63, 3.8) is 0 Å². The summed E-state index contributed by atoms with van der Waals surface area (Å²) >= 11 is 11.9. The van der Waals surface area contributed by atoms with Crippen LogP contribution >= 0.6 is 23.2 Å². The highest BCUT2D eigenvalue weighted by Gasteiger charge is 2.23. The maximum atomic E-state index is 12.7. The second-order valence-corrected chi connectivity index (χ2v) is 6.53. The normalized spacial score (nSPS) is 12.1. The van der Waals surface area contributed by atoms with Crippen LogP contribution in [0.25, 0.3) is 10.9 Å². The fourth-order valence-corrected chi connectivity index (χ4v) is 3.21. The molecule has 0 radical (unpaired) electrons. The van der Waals surface area contributed by atoms with Gasteiger partial charge in [0.25, 0.3) is 5.56 Å². The van der Waals surface area contributed by atoms with Crippen molar-refractivity contribution in [3.05, 3.63) is 73.3 Å². The first-order valence-corrected chi connectivity index (χ1v) is 8.67. The van der Waals surface area contributed by atoms with Gasteiger partial charge in [-0.15, -0.1) is 0 Å².